The summed E-state index contributed by atoms with van der Waals surface area (Å²) in [5.74, 6) is 0.603. The van der Waals surface area contributed by atoms with Gasteiger partial charge in [-0.1, -0.05) is 5.16 Å². The van der Waals surface area contributed by atoms with Crippen molar-refractivity contribution in [3.05, 3.63) is 30.0 Å². The average Bonchev–Trinajstić information content (AvgIpc) is 2.84. The molecule has 2 heterocycles. The van der Waals surface area contributed by atoms with E-state index in [0.29, 0.717) is 17.2 Å². The predicted molar refractivity (Wildman–Crippen MR) is 77.2 cm³/mol. The SMILES string of the molecule is Cc1cc(NS(=O)(=O)c2ccc3c(c2)O[C@H](C)C(=O)N3)no1. The smallest absolute Gasteiger partial charge is 0.265 e. The standard InChI is InChI=1S/C13H13N3O5S/c1-7-5-12(15-21-7)16-22(18,19)9-3-4-10-11(6-9)20-8(2)13(17)14-10/h3-6,8H,1-2H3,(H,14,17)(H,15,16)/t8-/m1/s1. The van der Waals surface area contributed by atoms with Crippen LogP contribution >= 0.6 is 0 Å². The molecule has 0 fully saturated rings. The number of amides is 1. The molecule has 0 aliphatic carbocycles. The van der Waals surface area contributed by atoms with Crippen molar-refractivity contribution >= 4 is 27.4 Å². The molecule has 1 aliphatic heterocycles. The molecule has 1 amide bonds. The molecule has 1 aliphatic rings. The fourth-order valence-corrected chi connectivity index (χ4v) is 2.96. The molecule has 0 saturated heterocycles. The molecule has 2 N–H and O–H groups in total. The maximum absolute atomic E-state index is 12.3. The number of ether oxygens (including phenoxy) is 1. The van der Waals surface area contributed by atoms with Gasteiger partial charge >= 0.3 is 0 Å². The lowest BCUT2D eigenvalue weighted by Gasteiger charge is -2.23. The van der Waals surface area contributed by atoms with Crippen LogP contribution < -0.4 is 14.8 Å². The minimum absolute atomic E-state index is 0.00440. The third kappa shape index (κ3) is 2.62. The molecule has 0 saturated carbocycles. The first kappa shape index (κ1) is 14.4. The summed E-state index contributed by atoms with van der Waals surface area (Å²) in [6, 6.07) is 5.66. The van der Waals surface area contributed by atoms with Crippen molar-refractivity contribution in [2.45, 2.75) is 24.8 Å². The lowest BCUT2D eigenvalue weighted by molar-refractivity contribution is -0.122. The third-order valence-corrected chi connectivity index (χ3v) is 4.41. The number of anilines is 2. The summed E-state index contributed by atoms with van der Waals surface area (Å²) in [6.45, 7) is 3.23. The Morgan fingerprint density at radius 1 is 1.32 bits per heavy atom. The summed E-state index contributed by atoms with van der Waals surface area (Å²) in [5.41, 5.74) is 0.430. The predicted octanol–water partition coefficient (Wildman–Crippen LogP) is 1.50. The largest absolute Gasteiger partial charge is 0.479 e. The summed E-state index contributed by atoms with van der Waals surface area (Å²) >= 11 is 0. The molecular formula is C13H13N3O5S. The highest BCUT2D eigenvalue weighted by molar-refractivity contribution is 7.92. The first-order valence-electron chi connectivity index (χ1n) is 6.43. The molecule has 116 valence electrons. The van der Waals surface area contributed by atoms with Crippen LogP contribution in [0.25, 0.3) is 0 Å². The van der Waals surface area contributed by atoms with E-state index in [1.807, 2.05) is 0 Å². The number of rotatable bonds is 3. The van der Waals surface area contributed by atoms with Gasteiger partial charge in [-0.25, -0.2) is 8.42 Å². The van der Waals surface area contributed by atoms with Crippen molar-refractivity contribution in [3.8, 4) is 5.75 Å². The van der Waals surface area contributed by atoms with E-state index >= 15 is 0 Å². The van der Waals surface area contributed by atoms with Gasteiger partial charge in [0.05, 0.1) is 10.6 Å². The lowest BCUT2D eigenvalue weighted by Crippen LogP contribution is -2.34. The molecule has 1 aromatic heterocycles. The number of carbonyl (C=O) groups is 1. The second kappa shape index (κ2) is 5.02. The third-order valence-electron chi connectivity index (χ3n) is 3.06. The first-order valence-corrected chi connectivity index (χ1v) is 7.91. The number of hydrogen-bond acceptors (Lipinski definition) is 6. The normalized spacial score (nSPS) is 17.4. The van der Waals surface area contributed by atoms with Crippen molar-refractivity contribution in [2.24, 2.45) is 0 Å². The van der Waals surface area contributed by atoms with E-state index < -0.39 is 16.1 Å². The minimum Gasteiger partial charge on any atom is -0.479 e. The number of carbonyl (C=O) groups excluding carboxylic acids is 1. The quantitative estimate of drug-likeness (QED) is 0.885. The summed E-state index contributed by atoms with van der Waals surface area (Å²) in [4.78, 5) is 11.5. The van der Waals surface area contributed by atoms with Gasteiger partial charge in [0.15, 0.2) is 11.9 Å². The van der Waals surface area contributed by atoms with Crippen LogP contribution in [0, 0.1) is 6.92 Å². The maximum atomic E-state index is 12.3. The van der Waals surface area contributed by atoms with E-state index in [1.165, 1.54) is 24.3 Å². The van der Waals surface area contributed by atoms with Crippen molar-refractivity contribution in [1.82, 2.24) is 5.16 Å². The highest BCUT2D eigenvalue weighted by Gasteiger charge is 2.26. The second-order valence-corrected chi connectivity index (χ2v) is 6.52. The van der Waals surface area contributed by atoms with Gasteiger partial charge in [0.2, 0.25) is 0 Å². The van der Waals surface area contributed by atoms with Crippen LogP contribution in [0.1, 0.15) is 12.7 Å². The Kier molecular flexibility index (Phi) is 3.28. The molecule has 0 unspecified atom stereocenters. The van der Waals surface area contributed by atoms with Gasteiger partial charge in [-0.3, -0.25) is 9.52 Å². The Morgan fingerprint density at radius 3 is 2.77 bits per heavy atom. The average molecular weight is 323 g/mol. The van der Waals surface area contributed by atoms with Crippen LogP contribution in [0.4, 0.5) is 11.5 Å². The summed E-state index contributed by atoms with van der Waals surface area (Å²) in [5, 5.41) is 6.22. The van der Waals surface area contributed by atoms with E-state index in [9.17, 15) is 13.2 Å². The van der Waals surface area contributed by atoms with E-state index in [4.69, 9.17) is 9.26 Å². The van der Waals surface area contributed by atoms with Crippen LogP contribution in [0.3, 0.4) is 0 Å². The van der Waals surface area contributed by atoms with E-state index in [2.05, 4.69) is 15.2 Å². The van der Waals surface area contributed by atoms with Crippen LogP contribution in [-0.2, 0) is 14.8 Å². The van der Waals surface area contributed by atoms with Crippen molar-refractivity contribution in [3.63, 3.8) is 0 Å². The molecule has 2 aromatic rings. The molecule has 1 aromatic carbocycles. The van der Waals surface area contributed by atoms with Crippen molar-refractivity contribution < 1.29 is 22.5 Å². The van der Waals surface area contributed by atoms with Gasteiger partial charge < -0.3 is 14.6 Å². The molecule has 9 heteroatoms. The number of aromatic nitrogens is 1. The fraction of sp³-hybridized carbons (Fsp3) is 0.231. The Bertz CT molecular complexity index is 843. The number of hydrogen-bond donors (Lipinski definition) is 2. The molecule has 0 spiro atoms. The Labute approximate surface area is 126 Å². The molecule has 3 rings (SSSR count). The Morgan fingerprint density at radius 2 is 2.09 bits per heavy atom. The molecule has 22 heavy (non-hydrogen) atoms. The minimum atomic E-state index is -3.83. The summed E-state index contributed by atoms with van der Waals surface area (Å²) in [6.07, 6.45) is -0.684. The van der Waals surface area contributed by atoms with Gasteiger partial charge in [-0.05, 0) is 26.0 Å². The van der Waals surface area contributed by atoms with Gasteiger partial charge in [0.1, 0.15) is 11.5 Å². The molecule has 0 bridgehead atoms. The van der Waals surface area contributed by atoms with Gasteiger partial charge in [0, 0.05) is 12.1 Å². The zero-order valence-corrected chi connectivity index (χ0v) is 12.6. The molecule has 0 radical (unpaired) electrons. The topological polar surface area (TPSA) is 111 Å². The van der Waals surface area contributed by atoms with E-state index in [1.54, 1.807) is 13.8 Å². The first-order chi connectivity index (χ1) is 10.3. The van der Waals surface area contributed by atoms with Crippen LogP contribution in [0.15, 0.2) is 33.7 Å². The van der Waals surface area contributed by atoms with Crippen LogP contribution in [0.5, 0.6) is 5.75 Å². The van der Waals surface area contributed by atoms with E-state index in [0.717, 1.165) is 0 Å². The highest BCUT2D eigenvalue weighted by Crippen LogP contribution is 2.32. The second-order valence-electron chi connectivity index (χ2n) is 4.84. The number of nitrogens with one attached hydrogen (secondary N) is 2. The number of benzene rings is 1. The van der Waals surface area contributed by atoms with Crippen molar-refractivity contribution in [1.29, 1.82) is 0 Å². The molecule has 8 nitrogen and oxygen atoms in total. The van der Waals surface area contributed by atoms with Crippen LogP contribution in [-0.4, -0.2) is 25.6 Å². The molecular weight excluding hydrogens is 310 g/mol. The van der Waals surface area contributed by atoms with Crippen molar-refractivity contribution in [2.75, 3.05) is 10.0 Å². The Hall–Kier alpha value is -2.55. The molecule has 1 atom stereocenters. The van der Waals surface area contributed by atoms with Crippen LogP contribution in [0.2, 0.25) is 0 Å². The number of aryl methyl sites for hydroxylation is 1. The highest BCUT2D eigenvalue weighted by atomic mass is 32.2. The summed E-state index contributed by atoms with van der Waals surface area (Å²) in [7, 11) is -3.83. The maximum Gasteiger partial charge on any atom is 0.265 e. The Balaban J connectivity index is 1.92. The summed E-state index contributed by atoms with van der Waals surface area (Å²) < 4.78 is 37.1. The van der Waals surface area contributed by atoms with Gasteiger partial charge in [-0.15, -0.1) is 0 Å². The fourth-order valence-electron chi connectivity index (χ4n) is 1.96. The monoisotopic (exact) mass is 323 g/mol. The number of nitrogens with zero attached hydrogens (tertiary/aromatic N) is 1. The number of sulfonamides is 1. The number of fused-ring (bicyclic) bond motifs is 1. The zero-order valence-electron chi connectivity index (χ0n) is 11.8. The lowest BCUT2D eigenvalue weighted by atomic mass is 10.2. The van der Waals surface area contributed by atoms with E-state index in [-0.39, 0.29) is 16.6 Å². The van der Waals surface area contributed by atoms with Gasteiger partial charge in [0.25, 0.3) is 15.9 Å². The zero-order chi connectivity index (χ0) is 15.9. The van der Waals surface area contributed by atoms with Gasteiger partial charge in [-0.2, -0.15) is 0 Å².